The number of hydrogen-bond donors (Lipinski definition) is 0. The number of methoxy groups -OCH3 is 1. The summed E-state index contributed by atoms with van der Waals surface area (Å²) in [6, 6.07) is 8.03. The lowest BCUT2D eigenvalue weighted by Gasteiger charge is -2.48. The zero-order chi connectivity index (χ0) is 18.6. The third kappa shape index (κ3) is 4.04. The summed E-state index contributed by atoms with van der Waals surface area (Å²) in [6.07, 6.45) is 4.08. The van der Waals surface area contributed by atoms with Gasteiger partial charge in [0.25, 0.3) is 5.91 Å². The molecule has 5 nitrogen and oxygen atoms in total. The Morgan fingerprint density at radius 3 is 2.69 bits per heavy atom. The first kappa shape index (κ1) is 19.2. The average Bonchev–Trinajstić information content (AvgIpc) is 2.69. The zero-order valence-electron chi connectivity index (χ0n) is 16.4. The number of piperidine rings is 1. The summed E-state index contributed by atoms with van der Waals surface area (Å²) in [5, 5.41) is 0. The normalized spacial score (nSPS) is 22.6. The number of benzene rings is 1. The molecule has 0 bridgehead atoms. The molecule has 0 radical (unpaired) electrons. The van der Waals surface area contributed by atoms with E-state index in [1.54, 1.807) is 7.11 Å². The van der Waals surface area contributed by atoms with Crippen molar-refractivity contribution in [2.75, 3.05) is 39.9 Å². The van der Waals surface area contributed by atoms with E-state index in [4.69, 9.17) is 9.47 Å². The first-order chi connectivity index (χ1) is 12.6. The number of likely N-dealkylation sites (tertiary alicyclic amines) is 1. The van der Waals surface area contributed by atoms with Gasteiger partial charge in [0.2, 0.25) is 0 Å². The van der Waals surface area contributed by atoms with Crippen LogP contribution in [0.5, 0.6) is 5.75 Å². The highest BCUT2D eigenvalue weighted by Gasteiger charge is 2.42. The number of carbonyl (C=O) groups is 1. The second kappa shape index (κ2) is 8.40. The highest BCUT2D eigenvalue weighted by molar-refractivity contribution is 5.94. The van der Waals surface area contributed by atoms with Crippen LogP contribution in [0.1, 0.15) is 49.9 Å². The number of carbonyl (C=O) groups excluding carboxylic acids is 1. The Balaban J connectivity index is 1.62. The van der Waals surface area contributed by atoms with Crippen molar-refractivity contribution in [3.05, 3.63) is 29.8 Å². The molecule has 2 aliphatic heterocycles. The van der Waals surface area contributed by atoms with Gasteiger partial charge >= 0.3 is 0 Å². The van der Waals surface area contributed by atoms with E-state index in [2.05, 4.69) is 18.7 Å². The Labute approximate surface area is 157 Å². The average molecular weight is 360 g/mol. The molecule has 0 aliphatic carbocycles. The van der Waals surface area contributed by atoms with E-state index in [-0.39, 0.29) is 11.5 Å². The minimum absolute atomic E-state index is 0.0450. The van der Waals surface area contributed by atoms with Crippen molar-refractivity contribution in [3.8, 4) is 5.75 Å². The third-order valence-corrected chi connectivity index (χ3v) is 6.07. The predicted molar refractivity (Wildman–Crippen MR) is 103 cm³/mol. The van der Waals surface area contributed by atoms with Crippen molar-refractivity contribution in [3.63, 3.8) is 0 Å². The third-order valence-electron chi connectivity index (χ3n) is 6.07. The van der Waals surface area contributed by atoms with Crippen LogP contribution >= 0.6 is 0 Å². The van der Waals surface area contributed by atoms with Crippen LogP contribution in [-0.2, 0) is 4.74 Å². The molecule has 2 aliphatic rings. The van der Waals surface area contributed by atoms with Gasteiger partial charge in [-0.05, 0) is 57.0 Å². The molecule has 1 aromatic carbocycles. The largest absolute Gasteiger partial charge is 0.497 e. The van der Waals surface area contributed by atoms with E-state index in [1.165, 1.54) is 0 Å². The second-order valence-electron chi connectivity index (χ2n) is 7.42. The Kier molecular flexibility index (Phi) is 6.20. The molecule has 1 unspecified atom stereocenters. The highest BCUT2D eigenvalue weighted by atomic mass is 16.5. The van der Waals surface area contributed by atoms with Crippen LogP contribution in [0.4, 0.5) is 0 Å². The van der Waals surface area contributed by atoms with Crippen LogP contribution in [0.2, 0.25) is 0 Å². The van der Waals surface area contributed by atoms with E-state index in [0.717, 1.165) is 64.2 Å². The molecule has 0 aromatic heterocycles. The molecule has 1 aromatic rings. The second-order valence-corrected chi connectivity index (χ2v) is 7.42. The molecular formula is C21H32N2O3. The van der Waals surface area contributed by atoms with Crippen LogP contribution in [0.15, 0.2) is 24.3 Å². The summed E-state index contributed by atoms with van der Waals surface area (Å²) in [4.78, 5) is 17.3. The minimum Gasteiger partial charge on any atom is -0.497 e. The van der Waals surface area contributed by atoms with Crippen molar-refractivity contribution in [2.24, 2.45) is 0 Å². The quantitative estimate of drug-likeness (QED) is 0.809. The topological polar surface area (TPSA) is 42.0 Å². The van der Waals surface area contributed by atoms with Crippen molar-refractivity contribution < 1.29 is 14.3 Å². The van der Waals surface area contributed by atoms with Gasteiger partial charge in [0.05, 0.1) is 12.7 Å². The fraction of sp³-hybridized carbons (Fsp3) is 0.667. The number of ether oxygens (including phenoxy) is 2. The fourth-order valence-corrected chi connectivity index (χ4v) is 4.46. The molecule has 2 fully saturated rings. The summed E-state index contributed by atoms with van der Waals surface area (Å²) in [7, 11) is 1.63. The highest BCUT2D eigenvalue weighted by Crippen LogP contribution is 2.37. The number of rotatable bonds is 5. The number of hydrogen-bond acceptors (Lipinski definition) is 4. The first-order valence-electron chi connectivity index (χ1n) is 9.92. The summed E-state index contributed by atoms with van der Waals surface area (Å²) < 4.78 is 11.5. The fourth-order valence-electron chi connectivity index (χ4n) is 4.46. The minimum atomic E-state index is -0.0450. The van der Waals surface area contributed by atoms with Gasteiger partial charge in [0, 0.05) is 31.3 Å². The Hall–Kier alpha value is -1.59. The molecule has 0 N–H and O–H groups in total. The van der Waals surface area contributed by atoms with Crippen molar-refractivity contribution in [1.82, 2.24) is 9.80 Å². The zero-order valence-corrected chi connectivity index (χ0v) is 16.4. The van der Waals surface area contributed by atoms with Gasteiger partial charge in [-0.25, -0.2) is 0 Å². The molecule has 2 saturated heterocycles. The van der Waals surface area contributed by atoms with Gasteiger partial charge in [-0.15, -0.1) is 0 Å². The molecule has 144 valence electrons. The molecule has 3 rings (SSSR count). The van der Waals surface area contributed by atoms with Gasteiger partial charge in [-0.1, -0.05) is 19.9 Å². The lowest BCUT2D eigenvalue weighted by atomic mass is 9.81. The Morgan fingerprint density at radius 2 is 2.04 bits per heavy atom. The molecule has 0 saturated carbocycles. The molecule has 1 amide bonds. The molecule has 1 atom stereocenters. The smallest absolute Gasteiger partial charge is 0.253 e. The molecule has 2 heterocycles. The molecule has 5 heteroatoms. The Bertz CT molecular complexity index is 607. The van der Waals surface area contributed by atoms with E-state index in [9.17, 15) is 4.79 Å². The molecular weight excluding hydrogens is 328 g/mol. The van der Waals surface area contributed by atoms with E-state index >= 15 is 0 Å². The maximum absolute atomic E-state index is 12.8. The maximum atomic E-state index is 12.8. The first-order valence-corrected chi connectivity index (χ1v) is 9.92. The van der Waals surface area contributed by atoms with Crippen LogP contribution < -0.4 is 4.74 Å². The van der Waals surface area contributed by atoms with Crippen LogP contribution in [-0.4, -0.2) is 67.2 Å². The van der Waals surface area contributed by atoms with Crippen LogP contribution in [0, 0.1) is 0 Å². The lowest BCUT2D eigenvalue weighted by molar-refractivity contribution is -0.129. The van der Waals surface area contributed by atoms with Gasteiger partial charge in [-0.2, -0.15) is 0 Å². The van der Waals surface area contributed by atoms with Crippen LogP contribution in [0.25, 0.3) is 0 Å². The van der Waals surface area contributed by atoms with Gasteiger partial charge < -0.3 is 19.3 Å². The van der Waals surface area contributed by atoms with Gasteiger partial charge in [0.1, 0.15) is 5.75 Å². The van der Waals surface area contributed by atoms with E-state index in [0.29, 0.717) is 11.6 Å². The lowest BCUT2D eigenvalue weighted by Crippen LogP contribution is -2.54. The monoisotopic (exact) mass is 360 g/mol. The van der Waals surface area contributed by atoms with E-state index in [1.807, 2.05) is 29.2 Å². The Morgan fingerprint density at radius 1 is 1.31 bits per heavy atom. The van der Waals surface area contributed by atoms with Crippen molar-refractivity contribution in [2.45, 2.75) is 51.2 Å². The van der Waals surface area contributed by atoms with Crippen molar-refractivity contribution >= 4 is 5.91 Å². The van der Waals surface area contributed by atoms with Crippen molar-refractivity contribution in [1.29, 1.82) is 0 Å². The molecule has 26 heavy (non-hydrogen) atoms. The SMILES string of the molecule is CCN(CC)C1CCOC2(CCN(C(=O)c3cccc(OC)c3)CC2)C1. The molecule has 1 spiro atoms. The maximum Gasteiger partial charge on any atom is 0.253 e. The number of amides is 1. The predicted octanol–water partition coefficient (Wildman–Crippen LogP) is 3.19. The summed E-state index contributed by atoms with van der Waals surface area (Å²) in [5.41, 5.74) is 0.655. The number of nitrogens with zero attached hydrogens (tertiary/aromatic N) is 2. The van der Waals surface area contributed by atoms with Gasteiger partial charge in [0.15, 0.2) is 0 Å². The summed E-state index contributed by atoms with van der Waals surface area (Å²) >= 11 is 0. The summed E-state index contributed by atoms with van der Waals surface area (Å²) in [6.45, 7) is 9.03. The summed E-state index contributed by atoms with van der Waals surface area (Å²) in [5.74, 6) is 0.817. The standard InChI is InChI=1S/C21H32N2O3/c1-4-22(5-2)18-9-14-26-21(16-18)10-12-23(13-11-21)20(24)17-7-6-8-19(15-17)25-3/h6-8,15,18H,4-5,9-14,16H2,1-3H3. The van der Waals surface area contributed by atoms with E-state index < -0.39 is 0 Å². The van der Waals surface area contributed by atoms with Gasteiger partial charge in [-0.3, -0.25) is 4.79 Å². The van der Waals surface area contributed by atoms with Crippen LogP contribution in [0.3, 0.4) is 0 Å².